The molecule has 1 fully saturated rings. The van der Waals surface area contributed by atoms with E-state index < -0.39 is 0 Å². The summed E-state index contributed by atoms with van der Waals surface area (Å²) in [6, 6.07) is 15.6. The smallest absolute Gasteiger partial charge is 0.124 e. The predicted molar refractivity (Wildman–Crippen MR) is 97.1 cm³/mol. The number of rotatable bonds is 6. The monoisotopic (exact) mass is 324 g/mol. The van der Waals surface area contributed by atoms with Crippen LogP contribution in [0.25, 0.3) is 0 Å². The number of ether oxygens (including phenoxy) is 1. The topological polar surface area (TPSA) is 45.1 Å². The third-order valence-electron chi connectivity index (χ3n) is 4.52. The van der Waals surface area contributed by atoms with Crippen LogP contribution in [-0.4, -0.2) is 43.0 Å². The van der Waals surface area contributed by atoms with Gasteiger partial charge in [-0.15, -0.1) is 0 Å². The molecule has 0 aromatic heterocycles. The van der Waals surface area contributed by atoms with E-state index in [1.165, 1.54) is 18.4 Å². The Kier molecular flexibility index (Phi) is 5.49. The van der Waals surface area contributed by atoms with Gasteiger partial charge in [-0.05, 0) is 44.1 Å². The van der Waals surface area contributed by atoms with Gasteiger partial charge in [0.2, 0.25) is 0 Å². The Labute approximate surface area is 143 Å². The Morgan fingerprint density at radius 3 is 2.58 bits per heavy atom. The van der Waals surface area contributed by atoms with Crippen molar-refractivity contribution >= 4 is 6.21 Å². The Hall–Kier alpha value is -2.33. The van der Waals surface area contributed by atoms with Crippen LogP contribution in [0.1, 0.15) is 30.0 Å². The van der Waals surface area contributed by atoms with Gasteiger partial charge < -0.3 is 9.84 Å². The van der Waals surface area contributed by atoms with Crippen LogP contribution in [0.5, 0.6) is 11.5 Å². The van der Waals surface area contributed by atoms with Gasteiger partial charge in [-0.1, -0.05) is 30.3 Å². The van der Waals surface area contributed by atoms with E-state index in [0.29, 0.717) is 6.54 Å². The Balaban J connectivity index is 1.82. The fourth-order valence-electron chi connectivity index (χ4n) is 3.25. The van der Waals surface area contributed by atoms with Crippen molar-refractivity contribution in [3.8, 4) is 11.5 Å². The lowest BCUT2D eigenvalue weighted by molar-refractivity contribution is 0.246. The van der Waals surface area contributed by atoms with Crippen LogP contribution in [0.15, 0.2) is 53.5 Å². The number of phenolic OH excluding ortho intramolecular Hbond substituents is 1. The first-order chi connectivity index (χ1) is 11.8. The highest BCUT2D eigenvalue weighted by molar-refractivity contribution is 5.83. The van der Waals surface area contributed by atoms with Crippen molar-refractivity contribution in [2.45, 2.75) is 18.9 Å². The molecule has 1 aliphatic rings. The maximum Gasteiger partial charge on any atom is 0.124 e. The molecule has 0 bridgehead atoms. The summed E-state index contributed by atoms with van der Waals surface area (Å²) in [4.78, 5) is 7.09. The Morgan fingerprint density at radius 1 is 1.12 bits per heavy atom. The zero-order valence-electron chi connectivity index (χ0n) is 14.1. The van der Waals surface area contributed by atoms with E-state index >= 15 is 0 Å². The van der Waals surface area contributed by atoms with Crippen LogP contribution < -0.4 is 4.74 Å². The normalized spacial score (nSPS) is 16.5. The number of methoxy groups -OCH3 is 1. The van der Waals surface area contributed by atoms with Crippen LogP contribution in [0.4, 0.5) is 0 Å². The summed E-state index contributed by atoms with van der Waals surface area (Å²) in [5.41, 5.74) is 1.93. The van der Waals surface area contributed by atoms with Gasteiger partial charge in [0.15, 0.2) is 0 Å². The fourth-order valence-corrected chi connectivity index (χ4v) is 3.25. The number of nitrogens with zero attached hydrogens (tertiary/aromatic N) is 2. The number of likely N-dealkylation sites (tertiary alicyclic amines) is 1. The number of hydrogen-bond acceptors (Lipinski definition) is 4. The highest BCUT2D eigenvalue weighted by atomic mass is 16.5. The Bertz CT molecular complexity index is 694. The van der Waals surface area contributed by atoms with Gasteiger partial charge in [-0.3, -0.25) is 9.89 Å². The lowest BCUT2D eigenvalue weighted by atomic mass is 10.0. The maximum atomic E-state index is 9.86. The SMILES string of the molecule is COc1ccccc1[C@H](CN=Cc1ccccc1O)N1CCCC1. The molecule has 0 amide bonds. The van der Waals surface area contributed by atoms with Crippen molar-refractivity contribution in [1.29, 1.82) is 0 Å². The van der Waals surface area contributed by atoms with Crippen molar-refractivity contribution in [3.05, 3.63) is 59.7 Å². The van der Waals surface area contributed by atoms with E-state index in [2.05, 4.69) is 16.0 Å². The molecule has 4 heteroatoms. The van der Waals surface area contributed by atoms with Gasteiger partial charge in [0.05, 0.1) is 19.7 Å². The molecule has 0 spiro atoms. The summed E-state index contributed by atoms with van der Waals surface area (Å²) < 4.78 is 5.55. The number of aromatic hydroxyl groups is 1. The zero-order chi connectivity index (χ0) is 16.8. The minimum atomic E-state index is 0.200. The van der Waals surface area contributed by atoms with E-state index in [1.807, 2.05) is 36.4 Å². The largest absolute Gasteiger partial charge is 0.507 e. The van der Waals surface area contributed by atoms with Gasteiger partial charge in [0.1, 0.15) is 11.5 Å². The van der Waals surface area contributed by atoms with Crippen molar-refractivity contribution < 1.29 is 9.84 Å². The zero-order valence-corrected chi connectivity index (χ0v) is 14.1. The number of hydrogen-bond donors (Lipinski definition) is 1. The second-order valence-corrected chi connectivity index (χ2v) is 6.05. The minimum absolute atomic E-state index is 0.200. The van der Waals surface area contributed by atoms with Gasteiger partial charge in [0, 0.05) is 17.3 Å². The van der Waals surface area contributed by atoms with Crippen LogP contribution in [-0.2, 0) is 0 Å². The summed E-state index contributed by atoms with van der Waals surface area (Å²) in [7, 11) is 1.71. The Morgan fingerprint density at radius 2 is 1.83 bits per heavy atom. The standard InChI is InChI=1S/C20H24N2O2/c1-24-20-11-5-3-9-17(20)18(22-12-6-7-13-22)15-21-14-16-8-2-4-10-19(16)23/h2-5,8-11,14,18,23H,6-7,12-13,15H2,1H3/t18-/m0/s1. The summed E-state index contributed by atoms with van der Waals surface area (Å²) in [6.07, 6.45) is 4.22. The summed E-state index contributed by atoms with van der Waals surface area (Å²) in [6.45, 7) is 2.83. The van der Waals surface area contributed by atoms with Gasteiger partial charge in [-0.25, -0.2) is 0 Å². The lowest BCUT2D eigenvalue weighted by Gasteiger charge is -2.27. The molecular formula is C20H24N2O2. The molecule has 0 aliphatic carbocycles. The molecule has 2 aromatic rings. The van der Waals surface area contributed by atoms with Crippen molar-refractivity contribution in [3.63, 3.8) is 0 Å². The average molecular weight is 324 g/mol. The van der Waals surface area contributed by atoms with Gasteiger partial charge in [0.25, 0.3) is 0 Å². The van der Waals surface area contributed by atoms with Gasteiger partial charge >= 0.3 is 0 Å². The van der Waals surface area contributed by atoms with Crippen LogP contribution in [0.2, 0.25) is 0 Å². The van der Waals surface area contributed by atoms with E-state index in [4.69, 9.17) is 4.74 Å². The quantitative estimate of drug-likeness (QED) is 0.825. The van der Waals surface area contributed by atoms with Gasteiger partial charge in [-0.2, -0.15) is 0 Å². The lowest BCUT2D eigenvalue weighted by Crippen LogP contribution is -2.28. The van der Waals surface area contributed by atoms with Crippen molar-refractivity contribution in [2.75, 3.05) is 26.7 Å². The number of benzene rings is 2. The molecule has 1 atom stereocenters. The van der Waals surface area contributed by atoms with E-state index in [-0.39, 0.29) is 11.8 Å². The third-order valence-corrected chi connectivity index (χ3v) is 4.52. The van der Waals surface area contributed by atoms with Crippen molar-refractivity contribution in [2.24, 2.45) is 4.99 Å². The predicted octanol–water partition coefficient (Wildman–Crippen LogP) is 3.66. The first kappa shape index (κ1) is 16.5. The molecule has 0 saturated carbocycles. The molecule has 24 heavy (non-hydrogen) atoms. The first-order valence-corrected chi connectivity index (χ1v) is 8.44. The molecule has 1 aliphatic heterocycles. The highest BCUT2D eigenvalue weighted by Gasteiger charge is 2.25. The second kappa shape index (κ2) is 7.97. The molecule has 0 radical (unpaired) electrons. The number of aliphatic imine (C=N–C) groups is 1. The van der Waals surface area contributed by atoms with E-state index in [0.717, 1.165) is 24.4 Å². The molecule has 1 saturated heterocycles. The fraction of sp³-hybridized carbons (Fsp3) is 0.350. The molecule has 0 unspecified atom stereocenters. The molecule has 126 valence electrons. The van der Waals surface area contributed by atoms with Crippen LogP contribution in [0, 0.1) is 0 Å². The first-order valence-electron chi connectivity index (χ1n) is 8.44. The van der Waals surface area contributed by atoms with Crippen molar-refractivity contribution in [1.82, 2.24) is 4.90 Å². The molecule has 1 N–H and O–H groups in total. The van der Waals surface area contributed by atoms with Crippen LogP contribution >= 0.6 is 0 Å². The summed E-state index contributed by atoms with van der Waals surface area (Å²) in [5, 5.41) is 9.86. The average Bonchev–Trinajstić information content (AvgIpc) is 3.14. The molecule has 1 heterocycles. The minimum Gasteiger partial charge on any atom is -0.507 e. The number of phenols is 1. The maximum absolute atomic E-state index is 9.86. The second-order valence-electron chi connectivity index (χ2n) is 6.05. The highest BCUT2D eigenvalue weighted by Crippen LogP contribution is 2.31. The molecule has 4 nitrogen and oxygen atoms in total. The molecule has 3 rings (SSSR count). The summed E-state index contributed by atoms with van der Waals surface area (Å²) >= 11 is 0. The van der Waals surface area contributed by atoms with E-state index in [9.17, 15) is 5.11 Å². The molecular weight excluding hydrogens is 300 g/mol. The van der Waals surface area contributed by atoms with Crippen LogP contribution in [0.3, 0.4) is 0 Å². The number of para-hydroxylation sites is 2. The van der Waals surface area contributed by atoms with E-state index in [1.54, 1.807) is 19.4 Å². The summed E-state index contributed by atoms with van der Waals surface area (Å²) in [5.74, 6) is 1.17. The third kappa shape index (κ3) is 3.77. The molecule has 2 aromatic carbocycles.